The first-order valence-electron chi connectivity index (χ1n) is 6.92. The maximum atomic E-state index is 5.56. The highest BCUT2D eigenvalue weighted by Crippen LogP contribution is 2.28. The number of aromatic nitrogens is 4. The molecular weight excluding hydrogens is 280 g/mol. The van der Waals surface area contributed by atoms with Crippen LogP contribution in [0.15, 0.2) is 48.8 Å². The highest BCUT2D eigenvalue weighted by molar-refractivity contribution is 5.77. The van der Waals surface area contributed by atoms with Gasteiger partial charge < -0.3 is 9.47 Å². The summed E-state index contributed by atoms with van der Waals surface area (Å²) in [5.41, 5.74) is 3.55. The molecule has 0 saturated carbocycles. The Morgan fingerprint density at radius 3 is 2.14 bits per heavy atom. The lowest BCUT2D eigenvalue weighted by Gasteiger charge is -2.06. The van der Waals surface area contributed by atoms with Gasteiger partial charge in [0.05, 0.1) is 6.61 Å². The van der Waals surface area contributed by atoms with Crippen LogP contribution in [-0.2, 0) is 4.74 Å². The van der Waals surface area contributed by atoms with Crippen molar-refractivity contribution in [3.8, 4) is 28.3 Å². The van der Waals surface area contributed by atoms with Crippen LogP contribution in [0.25, 0.3) is 22.5 Å². The summed E-state index contributed by atoms with van der Waals surface area (Å²) in [4.78, 5) is 4.02. The second-order valence-electron chi connectivity index (χ2n) is 4.62. The molecule has 0 aliphatic carbocycles. The van der Waals surface area contributed by atoms with Gasteiger partial charge in [-0.2, -0.15) is 15.4 Å². The Labute approximate surface area is 128 Å². The van der Waals surface area contributed by atoms with Crippen LogP contribution in [-0.4, -0.2) is 40.7 Å². The monoisotopic (exact) mass is 296 g/mol. The summed E-state index contributed by atoms with van der Waals surface area (Å²) in [7, 11) is 1.65. The predicted molar refractivity (Wildman–Crippen MR) is 82.4 cm³/mol. The second kappa shape index (κ2) is 6.82. The summed E-state index contributed by atoms with van der Waals surface area (Å²) in [6, 6.07) is 11.6. The van der Waals surface area contributed by atoms with Crippen LogP contribution in [0.4, 0.5) is 0 Å². The molecule has 1 N–H and O–H groups in total. The zero-order chi connectivity index (χ0) is 15.2. The summed E-state index contributed by atoms with van der Waals surface area (Å²) in [6.45, 7) is 1.10. The fourth-order valence-corrected chi connectivity index (χ4v) is 2.10. The number of aromatic amines is 1. The van der Waals surface area contributed by atoms with E-state index >= 15 is 0 Å². The molecular formula is C16H16N4O2. The summed E-state index contributed by atoms with van der Waals surface area (Å²) >= 11 is 0. The minimum Gasteiger partial charge on any atom is -0.491 e. The van der Waals surface area contributed by atoms with Crippen molar-refractivity contribution < 1.29 is 9.47 Å². The lowest BCUT2D eigenvalue weighted by atomic mass is 10.1. The standard InChI is InChI=1S/C16H16N4O2/c1-21-10-11-22-14-4-2-12(3-5-14)15-16(19-20-18-15)13-6-8-17-9-7-13/h2-9H,10-11H2,1H3,(H,18,19,20). The molecule has 0 spiro atoms. The minimum atomic E-state index is 0.530. The van der Waals surface area contributed by atoms with E-state index in [9.17, 15) is 0 Å². The number of pyridine rings is 1. The van der Waals surface area contributed by atoms with Crippen LogP contribution in [0.5, 0.6) is 5.75 Å². The number of methoxy groups -OCH3 is 1. The van der Waals surface area contributed by atoms with Crippen LogP contribution in [0.2, 0.25) is 0 Å². The number of nitrogens with zero attached hydrogens (tertiary/aromatic N) is 3. The number of H-pyrrole nitrogens is 1. The number of ether oxygens (including phenoxy) is 2. The van der Waals surface area contributed by atoms with Gasteiger partial charge in [-0.05, 0) is 36.4 Å². The Morgan fingerprint density at radius 2 is 1.50 bits per heavy atom. The molecule has 0 amide bonds. The van der Waals surface area contributed by atoms with Gasteiger partial charge >= 0.3 is 0 Å². The van der Waals surface area contributed by atoms with E-state index in [0.717, 1.165) is 28.3 Å². The van der Waals surface area contributed by atoms with Gasteiger partial charge in [-0.25, -0.2) is 0 Å². The van der Waals surface area contributed by atoms with Crippen molar-refractivity contribution in [2.75, 3.05) is 20.3 Å². The first-order valence-corrected chi connectivity index (χ1v) is 6.92. The van der Waals surface area contributed by atoms with Gasteiger partial charge in [-0.3, -0.25) is 4.98 Å². The summed E-state index contributed by atoms with van der Waals surface area (Å²) in [6.07, 6.45) is 3.47. The molecule has 0 unspecified atom stereocenters. The molecule has 0 saturated heterocycles. The van der Waals surface area contributed by atoms with Gasteiger partial charge in [0.25, 0.3) is 0 Å². The van der Waals surface area contributed by atoms with Crippen molar-refractivity contribution in [2.24, 2.45) is 0 Å². The molecule has 0 atom stereocenters. The fraction of sp³-hybridized carbons (Fsp3) is 0.188. The van der Waals surface area contributed by atoms with E-state index in [1.807, 2.05) is 36.4 Å². The minimum absolute atomic E-state index is 0.530. The maximum Gasteiger partial charge on any atom is 0.120 e. The molecule has 3 rings (SSSR count). The number of nitrogens with one attached hydrogen (secondary N) is 1. The number of hydrogen-bond donors (Lipinski definition) is 1. The lowest BCUT2D eigenvalue weighted by molar-refractivity contribution is 0.146. The van der Waals surface area contributed by atoms with Gasteiger partial charge in [0, 0.05) is 30.6 Å². The number of hydrogen-bond acceptors (Lipinski definition) is 5. The smallest absolute Gasteiger partial charge is 0.120 e. The third kappa shape index (κ3) is 3.12. The first-order chi connectivity index (χ1) is 10.9. The van der Waals surface area contributed by atoms with Crippen LogP contribution in [0.3, 0.4) is 0 Å². The van der Waals surface area contributed by atoms with Crippen molar-refractivity contribution in [3.63, 3.8) is 0 Å². The zero-order valence-corrected chi connectivity index (χ0v) is 12.2. The van der Waals surface area contributed by atoms with Gasteiger partial charge in [-0.15, -0.1) is 0 Å². The van der Waals surface area contributed by atoms with Crippen LogP contribution in [0.1, 0.15) is 0 Å². The average molecular weight is 296 g/mol. The van der Waals surface area contributed by atoms with Gasteiger partial charge in [0.2, 0.25) is 0 Å². The zero-order valence-electron chi connectivity index (χ0n) is 12.2. The van der Waals surface area contributed by atoms with E-state index < -0.39 is 0 Å². The Bertz CT molecular complexity index is 711. The van der Waals surface area contributed by atoms with E-state index in [-0.39, 0.29) is 0 Å². The van der Waals surface area contributed by atoms with Crippen molar-refractivity contribution in [1.82, 2.24) is 20.4 Å². The van der Waals surface area contributed by atoms with Gasteiger partial charge in [0.15, 0.2) is 0 Å². The van der Waals surface area contributed by atoms with E-state index in [4.69, 9.17) is 9.47 Å². The molecule has 2 heterocycles. The largest absolute Gasteiger partial charge is 0.491 e. The molecule has 2 aromatic heterocycles. The third-order valence-corrected chi connectivity index (χ3v) is 3.19. The van der Waals surface area contributed by atoms with E-state index in [1.54, 1.807) is 19.5 Å². The normalized spacial score (nSPS) is 10.6. The van der Waals surface area contributed by atoms with Crippen molar-refractivity contribution in [1.29, 1.82) is 0 Å². The van der Waals surface area contributed by atoms with Crippen molar-refractivity contribution >= 4 is 0 Å². The Hall–Kier alpha value is -2.73. The molecule has 0 aliphatic heterocycles. The quantitative estimate of drug-likeness (QED) is 0.708. The Balaban J connectivity index is 1.82. The number of benzene rings is 1. The average Bonchev–Trinajstić information content (AvgIpc) is 3.06. The van der Waals surface area contributed by atoms with E-state index in [1.165, 1.54) is 0 Å². The van der Waals surface area contributed by atoms with Crippen molar-refractivity contribution in [2.45, 2.75) is 0 Å². The summed E-state index contributed by atoms with van der Waals surface area (Å²) in [5.74, 6) is 0.801. The molecule has 0 aliphatic rings. The van der Waals surface area contributed by atoms with E-state index in [0.29, 0.717) is 13.2 Å². The summed E-state index contributed by atoms with van der Waals surface area (Å²) < 4.78 is 10.5. The van der Waals surface area contributed by atoms with Gasteiger partial charge in [0.1, 0.15) is 23.7 Å². The van der Waals surface area contributed by atoms with Crippen LogP contribution >= 0.6 is 0 Å². The molecule has 112 valence electrons. The molecule has 6 heteroatoms. The highest BCUT2D eigenvalue weighted by atomic mass is 16.5. The van der Waals surface area contributed by atoms with Crippen molar-refractivity contribution in [3.05, 3.63) is 48.8 Å². The summed E-state index contributed by atoms with van der Waals surface area (Å²) in [5, 5.41) is 11.2. The van der Waals surface area contributed by atoms with Crippen LogP contribution < -0.4 is 4.74 Å². The maximum absolute atomic E-state index is 5.56. The Kier molecular flexibility index (Phi) is 4.41. The molecule has 0 bridgehead atoms. The van der Waals surface area contributed by atoms with Crippen LogP contribution in [0, 0.1) is 0 Å². The second-order valence-corrected chi connectivity index (χ2v) is 4.62. The molecule has 3 aromatic rings. The predicted octanol–water partition coefficient (Wildman–Crippen LogP) is 2.56. The topological polar surface area (TPSA) is 72.9 Å². The van der Waals surface area contributed by atoms with E-state index in [2.05, 4.69) is 20.4 Å². The highest BCUT2D eigenvalue weighted by Gasteiger charge is 2.12. The first kappa shape index (κ1) is 14.2. The Morgan fingerprint density at radius 1 is 0.864 bits per heavy atom. The lowest BCUT2D eigenvalue weighted by Crippen LogP contribution is -2.03. The SMILES string of the molecule is COCCOc1ccc(-c2n[nH]nc2-c2ccncc2)cc1. The third-order valence-electron chi connectivity index (χ3n) is 3.19. The fourth-order valence-electron chi connectivity index (χ4n) is 2.10. The van der Waals surface area contributed by atoms with Gasteiger partial charge in [-0.1, -0.05) is 0 Å². The molecule has 0 radical (unpaired) electrons. The number of rotatable bonds is 6. The molecule has 6 nitrogen and oxygen atoms in total. The molecule has 1 aromatic carbocycles. The molecule has 0 fully saturated rings. The molecule has 22 heavy (non-hydrogen) atoms.